The Bertz CT molecular complexity index is 110. The fraction of sp³-hybridized carbons (Fsp3) is 0.923. The summed E-state index contributed by atoms with van der Waals surface area (Å²) in [6, 6.07) is 0. The van der Waals surface area contributed by atoms with E-state index in [0.717, 1.165) is 10.9 Å². The van der Waals surface area contributed by atoms with Crippen molar-refractivity contribution in [3.8, 4) is 0 Å². The molecule has 0 aliphatic carbocycles. The minimum atomic E-state index is 0.500. The molecule has 0 saturated heterocycles. The Hall–Kier alpha value is -0.180. The van der Waals surface area contributed by atoms with Crippen LogP contribution in [0.1, 0.15) is 59.3 Å². The van der Waals surface area contributed by atoms with Gasteiger partial charge in [-0.2, -0.15) is 0 Å². The van der Waals surface area contributed by atoms with Gasteiger partial charge in [-0.1, -0.05) is 46.5 Å². The lowest BCUT2D eigenvalue weighted by Gasteiger charge is -2.07. The molecule has 0 bridgehead atoms. The normalized spacial score (nSPS) is 9.75. The highest BCUT2D eigenvalue weighted by Crippen LogP contribution is 2.08. The molecule has 2 nitrogen and oxygen atoms in total. The minimum absolute atomic E-state index is 0.500. The third-order valence-electron chi connectivity index (χ3n) is 2.36. The van der Waals surface area contributed by atoms with Crippen molar-refractivity contribution in [2.45, 2.75) is 59.3 Å². The first-order chi connectivity index (χ1) is 7.76. The molecular weight excluding hydrogens is 220 g/mol. The lowest BCUT2D eigenvalue weighted by atomic mass is 10.4. The lowest BCUT2D eigenvalue weighted by molar-refractivity contribution is 0.437. The largest absolute Gasteiger partial charge is 0.665 e. The van der Waals surface area contributed by atoms with Crippen LogP contribution in [-0.2, 0) is 15.7 Å². The second-order valence-electron chi connectivity index (χ2n) is 3.88. The van der Waals surface area contributed by atoms with Gasteiger partial charge in [0.25, 0.3) is 0 Å². The molecule has 0 rings (SSSR count). The van der Waals surface area contributed by atoms with Crippen LogP contribution in [0, 0.1) is 0 Å². The molecule has 0 atom stereocenters. The molecule has 0 heterocycles. The van der Waals surface area contributed by atoms with Gasteiger partial charge in [0, 0.05) is 0 Å². The lowest BCUT2D eigenvalue weighted by Crippen LogP contribution is -2.16. The Labute approximate surface area is 104 Å². The third kappa shape index (κ3) is 16.3. The van der Waals surface area contributed by atoms with Gasteiger partial charge in [-0.05, 0) is 30.2 Å². The predicted octanol–water partition coefficient (Wildman–Crippen LogP) is 3.62. The van der Waals surface area contributed by atoms with Gasteiger partial charge in [0.05, 0.1) is 0 Å². The molecule has 3 heteroatoms. The van der Waals surface area contributed by atoms with Crippen molar-refractivity contribution in [1.29, 1.82) is 0 Å². The SMILES string of the molecule is CCCC[S+](CCCC)CCCC.O=[C-]O. The number of rotatable bonds is 9. The van der Waals surface area contributed by atoms with E-state index in [1.165, 1.54) is 55.8 Å². The Morgan fingerprint density at radius 2 is 1.12 bits per heavy atom. The van der Waals surface area contributed by atoms with Crippen molar-refractivity contribution in [3.05, 3.63) is 0 Å². The van der Waals surface area contributed by atoms with Gasteiger partial charge in [0.15, 0.2) is 0 Å². The van der Waals surface area contributed by atoms with Crippen LogP contribution in [0.5, 0.6) is 0 Å². The maximum absolute atomic E-state index is 8.24. The van der Waals surface area contributed by atoms with E-state index in [1.54, 1.807) is 0 Å². The molecule has 0 amide bonds. The Balaban J connectivity index is 0. The molecule has 0 fully saturated rings. The summed E-state index contributed by atoms with van der Waals surface area (Å²) in [4.78, 5) is 8.24. The topological polar surface area (TPSA) is 37.3 Å². The van der Waals surface area contributed by atoms with Gasteiger partial charge in [-0.15, -0.1) is 0 Å². The predicted molar refractivity (Wildman–Crippen MR) is 75.0 cm³/mol. The summed E-state index contributed by atoms with van der Waals surface area (Å²) in [7, 11) is 0.776. The fourth-order valence-corrected chi connectivity index (χ4v) is 4.05. The quantitative estimate of drug-likeness (QED) is 0.500. The van der Waals surface area contributed by atoms with Gasteiger partial charge in [0.2, 0.25) is 0 Å². The van der Waals surface area contributed by atoms with Crippen molar-refractivity contribution in [2.24, 2.45) is 0 Å². The zero-order valence-corrected chi connectivity index (χ0v) is 11.9. The molecule has 0 spiro atoms. The average molecular weight is 248 g/mol. The standard InChI is InChI=1S/C12H27S.CHO2/c1-4-7-10-13(11-8-5-2)12-9-6-3;2-1-3/h4-12H2,1-3H3;(H,2,3)/q+1;-1. The molecule has 0 saturated carbocycles. The molecule has 16 heavy (non-hydrogen) atoms. The van der Waals surface area contributed by atoms with Crippen LogP contribution in [0.2, 0.25) is 0 Å². The van der Waals surface area contributed by atoms with Crippen molar-refractivity contribution in [2.75, 3.05) is 17.3 Å². The molecule has 1 N–H and O–H groups in total. The second-order valence-corrected chi connectivity index (χ2v) is 6.33. The molecule has 0 unspecified atom stereocenters. The smallest absolute Gasteiger partial charge is 0.108 e. The van der Waals surface area contributed by atoms with E-state index in [9.17, 15) is 0 Å². The Morgan fingerprint density at radius 1 is 0.875 bits per heavy atom. The van der Waals surface area contributed by atoms with E-state index in [0.29, 0.717) is 6.47 Å². The maximum atomic E-state index is 8.24. The van der Waals surface area contributed by atoms with E-state index in [1.807, 2.05) is 0 Å². The molecule has 0 aromatic carbocycles. The summed E-state index contributed by atoms with van der Waals surface area (Å²) in [6.07, 6.45) is 8.49. The highest BCUT2D eigenvalue weighted by atomic mass is 32.2. The van der Waals surface area contributed by atoms with E-state index in [4.69, 9.17) is 9.90 Å². The van der Waals surface area contributed by atoms with E-state index < -0.39 is 0 Å². The second kappa shape index (κ2) is 17.2. The maximum Gasteiger partial charge on any atom is 0.108 e. The van der Waals surface area contributed by atoms with Gasteiger partial charge in [-0.25, -0.2) is 0 Å². The molecule has 0 aromatic heterocycles. The minimum Gasteiger partial charge on any atom is -0.665 e. The average Bonchev–Trinajstić information content (AvgIpc) is 2.29. The zero-order chi connectivity index (χ0) is 12.6. The summed E-state index contributed by atoms with van der Waals surface area (Å²) in [6.45, 7) is 7.42. The van der Waals surface area contributed by atoms with E-state index in [2.05, 4.69) is 20.8 Å². The van der Waals surface area contributed by atoms with Gasteiger partial charge < -0.3 is 9.90 Å². The molecular formula is C13H28O2S. The monoisotopic (exact) mass is 248 g/mol. The van der Waals surface area contributed by atoms with E-state index >= 15 is 0 Å². The summed E-state index contributed by atoms with van der Waals surface area (Å²) >= 11 is 0. The summed E-state index contributed by atoms with van der Waals surface area (Å²) < 4.78 is 0. The Kier molecular flexibility index (Phi) is 19.6. The third-order valence-corrected chi connectivity index (χ3v) is 4.96. The molecule has 0 radical (unpaired) electrons. The number of aliphatic hydroxyl groups excluding tert-OH is 1. The molecule has 0 aliphatic heterocycles. The highest BCUT2D eigenvalue weighted by Gasteiger charge is 2.14. The van der Waals surface area contributed by atoms with Crippen molar-refractivity contribution in [3.63, 3.8) is 0 Å². The summed E-state index contributed by atoms with van der Waals surface area (Å²) in [5, 5.41) is 6.76. The number of hydrogen-bond donors (Lipinski definition) is 1. The molecule has 0 aliphatic rings. The fourth-order valence-electron chi connectivity index (χ4n) is 1.35. The number of hydrogen-bond acceptors (Lipinski definition) is 1. The zero-order valence-electron chi connectivity index (χ0n) is 11.1. The van der Waals surface area contributed by atoms with Crippen LogP contribution in [0.25, 0.3) is 0 Å². The van der Waals surface area contributed by atoms with E-state index in [-0.39, 0.29) is 0 Å². The van der Waals surface area contributed by atoms with Crippen LogP contribution in [0.4, 0.5) is 0 Å². The van der Waals surface area contributed by atoms with Crippen LogP contribution in [-0.4, -0.2) is 28.8 Å². The number of unbranched alkanes of at least 4 members (excludes halogenated alkanes) is 3. The van der Waals surface area contributed by atoms with Crippen LogP contribution >= 0.6 is 0 Å². The highest BCUT2D eigenvalue weighted by molar-refractivity contribution is 7.96. The van der Waals surface area contributed by atoms with Crippen molar-refractivity contribution >= 4 is 17.4 Å². The van der Waals surface area contributed by atoms with Gasteiger partial charge >= 0.3 is 0 Å². The van der Waals surface area contributed by atoms with Crippen LogP contribution in [0.15, 0.2) is 0 Å². The van der Waals surface area contributed by atoms with Crippen LogP contribution in [0.3, 0.4) is 0 Å². The molecule has 98 valence electrons. The first-order valence-corrected chi connectivity index (χ1v) is 8.15. The first-order valence-electron chi connectivity index (χ1n) is 6.42. The first kappa shape index (κ1) is 18.2. The van der Waals surface area contributed by atoms with Gasteiger partial charge in [-0.3, -0.25) is 0 Å². The summed E-state index contributed by atoms with van der Waals surface area (Å²) in [5.41, 5.74) is 0. The van der Waals surface area contributed by atoms with Gasteiger partial charge in [0.1, 0.15) is 17.3 Å². The summed E-state index contributed by atoms with van der Waals surface area (Å²) in [5.74, 6) is 4.53. The van der Waals surface area contributed by atoms with Crippen molar-refractivity contribution in [1.82, 2.24) is 0 Å². The Morgan fingerprint density at radius 3 is 1.31 bits per heavy atom. The molecule has 0 aromatic rings. The van der Waals surface area contributed by atoms with Crippen LogP contribution < -0.4 is 0 Å². The van der Waals surface area contributed by atoms with Crippen molar-refractivity contribution < 1.29 is 9.90 Å².